The van der Waals surface area contributed by atoms with Crippen molar-refractivity contribution in [2.45, 2.75) is 18.4 Å². The monoisotopic (exact) mass is 260 g/mol. The van der Waals surface area contributed by atoms with Gasteiger partial charge in [0.05, 0.1) is 17.2 Å². The number of nitrogens with one attached hydrogen (secondary N) is 1. The Bertz CT molecular complexity index is 350. The van der Waals surface area contributed by atoms with Crippen LogP contribution in [0.15, 0.2) is 11.7 Å². The van der Waals surface area contributed by atoms with E-state index in [-0.39, 0.29) is 11.4 Å². The van der Waals surface area contributed by atoms with Crippen LogP contribution in [-0.2, 0) is 4.74 Å². The Hall–Kier alpha value is -0.650. The molecule has 1 aliphatic heterocycles. The van der Waals surface area contributed by atoms with Crippen molar-refractivity contribution in [3.63, 3.8) is 0 Å². The molecule has 1 saturated heterocycles. The van der Waals surface area contributed by atoms with E-state index < -0.39 is 0 Å². The molecule has 1 aromatic rings. The van der Waals surface area contributed by atoms with Crippen LogP contribution < -0.4 is 5.32 Å². The van der Waals surface area contributed by atoms with E-state index in [2.05, 4.69) is 10.3 Å². The standard InChI is InChI=1S/C10H13ClN2O2S/c11-6-10(1-3-15-4-2-10)13-9(14)8-5-12-7-16-8/h5,7H,1-4,6H2,(H,13,14). The fourth-order valence-electron chi connectivity index (χ4n) is 1.68. The molecule has 0 aliphatic carbocycles. The number of alkyl halides is 1. The number of thiazole rings is 1. The van der Waals surface area contributed by atoms with Crippen molar-refractivity contribution in [2.75, 3.05) is 19.1 Å². The Morgan fingerprint density at radius 1 is 1.62 bits per heavy atom. The average Bonchev–Trinajstić information content (AvgIpc) is 2.84. The highest BCUT2D eigenvalue weighted by atomic mass is 35.5. The van der Waals surface area contributed by atoms with Gasteiger partial charge < -0.3 is 10.1 Å². The first-order chi connectivity index (χ1) is 7.76. The van der Waals surface area contributed by atoms with E-state index in [0.717, 1.165) is 12.8 Å². The van der Waals surface area contributed by atoms with Crippen molar-refractivity contribution in [1.29, 1.82) is 0 Å². The summed E-state index contributed by atoms with van der Waals surface area (Å²) in [5.41, 5.74) is 1.33. The normalized spacial score (nSPS) is 19.3. The SMILES string of the molecule is O=C(NC1(CCl)CCOCC1)c1cncs1. The molecule has 6 heteroatoms. The number of rotatable bonds is 3. The number of halogens is 1. The van der Waals surface area contributed by atoms with Gasteiger partial charge in [-0.1, -0.05) is 0 Å². The smallest absolute Gasteiger partial charge is 0.263 e. The van der Waals surface area contributed by atoms with E-state index in [1.807, 2.05) is 0 Å². The van der Waals surface area contributed by atoms with Crippen LogP contribution in [0.2, 0.25) is 0 Å². The molecular formula is C10H13ClN2O2S. The van der Waals surface area contributed by atoms with Crippen molar-refractivity contribution >= 4 is 28.8 Å². The number of ether oxygens (including phenoxy) is 1. The zero-order valence-corrected chi connectivity index (χ0v) is 10.3. The van der Waals surface area contributed by atoms with Gasteiger partial charge in [0.1, 0.15) is 4.88 Å². The van der Waals surface area contributed by atoms with Crippen LogP contribution in [0.5, 0.6) is 0 Å². The van der Waals surface area contributed by atoms with E-state index in [9.17, 15) is 4.79 Å². The van der Waals surface area contributed by atoms with E-state index in [0.29, 0.717) is 24.0 Å². The van der Waals surface area contributed by atoms with Gasteiger partial charge in [0.25, 0.3) is 5.91 Å². The van der Waals surface area contributed by atoms with E-state index in [4.69, 9.17) is 16.3 Å². The van der Waals surface area contributed by atoms with E-state index >= 15 is 0 Å². The molecule has 0 atom stereocenters. The number of nitrogens with zero attached hydrogens (tertiary/aromatic N) is 1. The van der Waals surface area contributed by atoms with Crippen molar-refractivity contribution in [2.24, 2.45) is 0 Å². The molecule has 1 fully saturated rings. The van der Waals surface area contributed by atoms with Gasteiger partial charge in [0, 0.05) is 19.1 Å². The van der Waals surface area contributed by atoms with Crippen LogP contribution >= 0.6 is 22.9 Å². The maximum absolute atomic E-state index is 11.9. The number of aromatic nitrogens is 1. The third-order valence-corrected chi connectivity index (χ3v) is 4.02. The lowest BCUT2D eigenvalue weighted by molar-refractivity contribution is 0.0435. The fraction of sp³-hybridized carbons (Fsp3) is 0.600. The minimum Gasteiger partial charge on any atom is -0.381 e. The average molecular weight is 261 g/mol. The Morgan fingerprint density at radius 2 is 2.38 bits per heavy atom. The van der Waals surface area contributed by atoms with Crippen LogP contribution in [0.25, 0.3) is 0 Å². The third-order valence-electron chi connectivity index (χ3n) is 2.74. The van der Waals surface area contributed by atoms with Gasteiger partial charge in [0.2, 0.25) is 0 Å². The highest BCUT2D eigenvalue weighted by molar-refractivity contribution is 7.11. The van der Waals surface area contributed by atoms with Crippen molar-refractivity contribution < 1.29 is 9.53 Å². The van der Waals surface area contributed by atoms with Gasteiger partial charge in [-0.25, -0.2) is 0 Å². The number of hydrogen-bond donors (Lipinski definition) is 1. The van der Waals surface area contributed by atoms with Crippen molar-refractivity contribution in [3.8, 4) is 0 Å². The van der Waals surface area contributed by atoms with Crippen LogP contribution in [0.1, 0.15) is 22.5 Å². The molecule has 0 radical (unpaired) electrons. The zero-order chi connectivity index (χ0) is 11.4. The van der Waals surface area contributed by atoms with Gasteiger partial charge in [0.15, 0.2) is 0 Å². The number of amides is 1. The molecule has 2 rings (SSSR count). The lowest BCUT2D eigenvalue weighted by Crippen LogP contribution is -2.53. The summed E-state index contributed by atoms with van der Waals surface area (Å²) in [6, 6.07) is 0. The van der Waals surface area contributed by atoms with Gasteiger partial charge in [-0.05, 0) is 12.8 Å². The first-order valence-corrected chi connectivity index (χ1v) is 6.52. The molecule has 1 amide bonds. The summed E-state index contributed by atoms with van der Waals surface area (Å²) in [4.78, 5) is 16.4. The van der Waals surface area contributed by atoms with Crippen LogP contribution in [0, 0.1) is 0 Å². The molecule has 1 aliphatic rings. The number of hydrogen-bond acceptors (Lipinski definition) is 4. The second-order valence-corrected chi connectivity index (χ2v) is 5.00. The fourth-order valence-corrected chi connectivity index (χ4v) is 2.53. The lowest BCUT2D eigenvalue weighted by Gasteiger charge is -2.36. The van der Waals surface area contributed by atoms with Gasteiger partial charge in [-0.15, -0.1) is 22.9 Å². The highest BCUT2D eigenvalue weighted by Crippen LogP contribution is 2.23. The Kier molecular flexibility index (Phi) is 3.78. The molecule has 1 aromatic heterocycles. The summed E-state index contributed by atoms with van der Waals surface area (Å²) >= 11 is 7.29. The number of carbonyl (C=O) groups is 1. The molecule has 0 unspecified atom stereocenters. The highest BCUT2D eigenvalue weighted by Gasteiger charge is 2.33. The molecule has 2 heterocycles. The zero-order valence-electron chi connectivity index (χ0n) is 8.74. The van der Waals surface area contributed by atoms with Gasteiger partial charge in [-0.2, -0.15) is 0 Å². The minimum absolute atomic E-state index is 0.0925. The maximum Gasteiger partial charge on any atom is 0.263 e. The molecule has 88 valence electrons. The number of carbonyl (C=O) groups excluding carboxylic acids is 1. The summed E-state index contributed by atoms with van der Waals surface area (Å²) in [6.07, 6.45) is 3.10. The molecule has 4 nitrogen and oxygen atoms in total. The largest absolute Gasteiger partial charge is 0.381 e. The van der Waals surface area contributed by atoms with Crippen molar-refractivity contribution in [3.05, 3.63) is 16.6 Å². The van der Waals surface area contributed by atoms with Crippen molar-refractivity contribution in [1.82, 2.24) is 10.3 Å². The second kappa shape index (κ2) is 5.12. The van der Waals surface area contributed by atoms with Gasteiger partial charge >= 0.3 is 0 Å². The third kappa shape index (κ3) is 2.53. The molecular weight excluding hydrogens is 248 g/mol. The Morgan fingerprint density at radius 3 is 2.94 bits per heavy atom. The predicted molar refractivity (Wildman–Crippen MR) is 63.1 cm³/mol. The van der Waals surface area contributed by atoms with Gasteiger partial charge in [-0.3, -0.25) is 9.78 Å². The lowest BCUT2D eigenvalue weighted by atomic mass is 9.92. The molecule has 0 bridgehead atoms. The Labute approximate surface area is 103 Å². The minimum atomic E-state index is -0.319. The topological polar surface area (TPSA) is 51.2 Å². The van der Waals surface area contributed by atoms with E-state index in [1.165, 1.54) is 11.3 Å². The van der Waals surface area contributed by atoms with E-state index in [1.54, 1.807) is 11.7 Å². The van der Waals surface area contributed by atoms with Crippen LogP contribution in [0.4, 0.5) is 0 Å². The quantitative estimate of drug-likeness (QED) is 0.841. The van der Waals surface area contributed by atoms with Crippen LogP contribution in [-0.4, -0.2) is 35.5 Å². The molecule has 0 aromatic carbocycles. The maximum atomic E-state index is 11.9. The summed E-state index contributed by atoms with van der Waals surface area (Å²) in [6.45, 7) is 1.30. The molecule has 16 heavy (non-hydrogen) atoms. The Balaban J connectivity index is 2.03. The summed E-state index contributed by atoms with van der Waals surface area (Å²) in [5, 5.41) is 3.00. The summed E-state index contributed by atoms with van der Waals surface area (Å²) in [7, 11) is 0. The first kappa shape index (κ1) is 11.8. The molecule has 1 N–H and O–H groups in total. The summed E-state index contributed by atoms with van der Waals surface area (Å²) < 4.78 is 5.28. The second-order valence-electron chi connectivity index (χ2n) is 3.85. The predicted octanol–water partition coefficient (Wildman–Crippen LogP) is 1.66. The molecule has 0 spiro atoms. The first-order valence-electron chi connectivity index (χ1n) is 5.10. The van der Waals surface area contributed by atoms with Crippen LogP contribution in [0.3, 0.4) is 0 Å². The summed E-state index contributed by atoms with van der Waals surface area (Å²) in [5.74, 6) is 0.325. The molecule has 0 saturated carbocycles.